The van der Waals surface area contributed by atoms with Gasteiger partial charge >= 0.3 is 12.1 Å². The minimum atomic E-state index is -0.938. The number of urea groups is 2. The fraction of sp³-hybridized carbons (Fsp3) is 0.200. The molecule has 0 spiro atoms. The second-order valence-corrected chi connectivity index (χ2v) is 1.56. The third-order valence-corrected chi connectivity index (χ3v) is 0.482. The van der Waals surface area contributed by atoms with Crippen molar-refractivity contribution in [3.05, 3.63) is 12.2 Å². The van der Waals surface area contributed by atoms with E-state index in [1.165, 1.54) is 6.42 Å². The number of hydrogen-bond donors (Lipinski definition) is 3. The Kier molecular flexibility index (Phi) is 3.70. The number of nitrogens with one attached hydrogen (secondary N) is 1. The molecule has 5 heteroatoms. The van der Waals surface area contributed by atoms with Gasteiger partial charge in [0.25, 0.3) is 0 Å². The van der Waals surface area contributed by atoms with Crippen LogP contribution in [0.1, 0.15) is 6.42 Å². The summed E-state index contributed by atoms with van der Waals surface area (Å²) in [6, 6.07) is -1.88. The normalized spacial score (nSPS) is 10.8. The molecular weight excluding hydrogens is 134 g/mol. The monoisotopic (exact) mass is 143 g/mol. The minimum absolute atomic E-state index is 0.937. The molecular formula is C5H9N3O2. The first-order valence-corrected chi connectivity index (χ1v) is 2.64. The minimum Gasteiger partial charge on any atom is -0.351 e. The average molecular weight is 143 g/mol. The molecule has 0 bridgehead atoms. The maximum atomic E-state index is 9.62. The number of allylic oxidation sites excluding steroid dienone is 2. The van der Waals surface area contributed by atoms with Crippen LogP contribution < -0.4 is 16.8 Å². The van der Waals surface area contributed by atoms with Crippen molar-refractivity contribution in [3.8, 4) is 0 Å². The molecule has 1 aliphatic carbocycles. The molecule has 0 saturated heterocycles. The van der Waals surface area contributed by atoms with E-state index >= 15 is 0 Å². The summed E-state index contributed by atoms with van der Waals surface area (Å²) in [5.74, 6) is 0. The summed E-state index contributed by atoms with van der Waals surface area (Å²) in [6.07, 6.45) is 5.50. The molecule has 4 amide bonds. The molecule has 0 aromatic rings. The molecule has 0 atom stereocenters. The van der Waals surface area contributed by atoms with Crippen LogP contribution in [0.3, 0.4) is 0 Å². The van der Waals surface area contributed by atoms with Gasteiger partial charge in [-0.15, -0.1) is 0 Å². The maximum Gasteiger partial charge on any atom is 0.320 e. The summed E-state index contributed by atoms with van der Waals surface area (Å²) in [7, 11) is 0. The second-order valence-electron chi connectivity index (χ2n) is 1.56. The zero-order valence-corrected chi connectivity index (χ0v) is 5.33. The van der Waals surface area contributed by atoms with E-state index in [0.29, 0.717) is 0 Å². The Balaban J connectivity index is 0.000000219. The van der Waals surface area contributed by atoms with Gasteiger partial charge in [0.1, 0.15) is 0 Å². The number of imide groups is 1. The van der Waals surface area contributed by atoms with Gasteiger partial charge < -0.3 is 11.5 Å². The van der Waals surface area contributed by atoms with Gasteiger partial charge in [-0.05, 0) is 6.42 Å². The van der Waals surface area contributed by atoms with E-state index in [-0.39, 0.29) is 0 Å². The Morgan fingerprint density at radius 1 is 1.20 bits per heavy atom. The Morgan fingerprint density at radius 2 is 1.50 bits per heavy atom. The lowest BCUT2D eigenvalue weighted by atomic mass is 10.9. The van der Waals surface area contributed by atoms with Crippen LogP contribution in [0.25, 0.3) is 0 Å². The zero-order chi connectivity index (χ0) is 7.98. The molecule has 0 unspecified atom stereocenters. The van der Waals surface area contributed by atoms with Crippen molar-refractivity contribution in [3.63, 3.8) is 0 Å². The van der Waals surface area contributed by atoms with E-state index in [1.54, 1.807) is 5.32 Å². The lowest BCUT2D eigenvalue weighted by Crippen LogP contribution is -2.38. The van der Waals surface area contributed by atoms with Gasteiger partial charge in [-0.3, -0.25) is 5.32 Å². The lowest BCUT2D eigenvalue weighted by molar-refractivity contribution is 0.236. The summed E-state index contributed by atoms with van der Waals surface area (Å²) in [4.78, 5) is 19.2. The van der Waals surface area contributed by atoms with Crippen LogP contribution in [0, 0.1) is 0 Å². The summed E-state index contributed by atoms with van der Waals surface area (Å²) < 4.78 is 0. The van der Waals surface area contributed by atoms with Crippen molar-refractivity contribution < 1.29 is 9.59 Å². The molecule has 0 saturated carbocycles. The fourth-order valence-corrected chi connectivity index (χ4v) is 0.121. The molecule has 0 aromatic heterocycles. The highest BCUT2D eigenvalue weighted by Crippen LogP contribution is 1.96. The molecule has 5 N–H and O–H groups in total. The second kappa shape index (κ2) is 4.37. The van der Waals surface area contributed by atoms with Crippen LogP contribution in [0.4, 0.5) is 9.59 Å². The molecule has 56 valence electrons. The highest BCUT2D eigenvalue weighted by atomic mass is 16.2. The Bertz CT molecular complexity index is 148. The van der Waals surface area contributed by atoms with Gasteiger partial charge in [0, 0.05) is 0 Å². The van der Waals surface area contributed by atoms with Crippen LogP contribution in [-0.4, -0.2) is 12.1 Å². The van der Waals surface area contributed by atoms with E-state index < -0.39 is 12.1 Å². The average Bonchev–Trinajstić information content (AvgIpc) is 2.38. The van der Waals surface area contributed by atoms with Gasteiger partial charge in [0.2, 0.25) is 0 Å². The fourth-order valence-electron chi connectivity index (χ4n) is 0.121. The smallest absolute Gasteiger partial charge is 0.320 e. The number of amides is 4. The topological polar surface area (TPSA) is 98.2 Å². The lowest BCUT2D eigenvalue weighted by Gasteiger charge is -1.88. The molecule has 1 aliphatic rings. The van der Waals surface area contributed by atoms with Crippen LogP contribution >= 0.6 is 0 Å². The predicted molar refractivity (Wildman–Crippen MR) is 36.1 cm³/mol. The summed E-state index contributed by atoms with van der Waals surface area (Å²) in [5, 5.41) is 1.58. The van der Waals surface area contributed by atoms with E-state index in [4.69, 9.17) is 0 Å². The van der Waals surface area contributed by atoms with Crippen molar-refractivity contribution in [1.82, 2.24) is 5.32 Å². The van der Waals surface area contributed by atoms with Crippen LogP contribution in [0.2, 0.25) is 0 Å². The number of carbonyl (C=O) groups is 2. The van der Waals surface area contributed by atoms with E-state index in [0.717, 1.165) is 0 Å². The first kappa shape index (κ1) is 8.48. The van der Waals surface area contributed by atoms with E-state index in [9.17, 15) is 9.59 Å². The first-order chi connectivity index (χ1) is 4.63. The van der Waals surface area contributed by atoms with E-state index in [2.05, 4.69) is 23.6 Å². The standard InChI is InChI=1S/C3H4.C2H5N3O2/c1-2-3-1;3-1(6)5-2(4)7/h1-2H,3H2;(H5,3,4,5,6,7). The van der Waals surface area contributed by atoms with Crippen LogP contribution in [0.15, 0.2) is 12.2 Å². The first-order valence-electron chi connectivity index (χ1n) is 2.64. The molecule has 0 aromatic carbocycles. The molecule has 0 aliphatic heterocycles. The van der Waals surface area contributed by atoms with Crippen molar-refractivity contribution >= 4 is 12.1 Å². The predicted octanol–water partition coefficient (Wildman–Crippen LogP) is -0.320. The number of primary amides is 2. The Morgan fingerprint density at radius 3 is 1.50 bits per heavy atom. The number of rotatable bonds is 0. The summed E-state index contributed by atoms with van der Waals surface area (Å²) in [6.45, 7) is 0. The highest BCUT2D eigenvalue weighted by Gasteiger charge is 1.92. The maximum absolute atomic E-state index is 9.62. The third-order valence-electron chi connectivity index (χ3n) is 0.482. The summed E-state index contributed by atoms with van der Waals surface area (Å²) >= 11 is 0. The van der Waals surface area contributed by atoms with Gasteiger partial charge in [-0.2, -0.15) is 0 Å². The molecule has 0 fully saturated rings. The zero-order valence-electron chi connectivity index (χ0n) is 5.33. The quantitative estimate of drug-likeness (QED) is 0.405. The number of nitrogens with two attached hydrogens (primary N) is 2. The van der Waals surface area contributed by atoms with Crippen molar-refractivity contribution in [1.29, 1.82) is 0 Å². The molecule has 1 rings (SSSR count). The Hall–Kier alpha value is -1.52. The van der Waals surface area contributed by atoms with Gasteiger partial charge in [0.15, 0.2) is 0 Å². The van der Waals surface area contributed by atoms with Crippen molar-refractivity contribution in [2.45, 2.75) is 6.42 Å². The van der Waals surface area contributed by atoms with Gasteiger partial charge in [-0.1, -0.05) is 12.2 Å². The van der Waals surface area contributed by atoms with Crippen molar-refractivity contribution in [2.75, 3.05) is 0 Å². The summed E-state index contributed by atoms with van der Waals surface area (Å²) in [5.41, 5.74) is 8.88. The third kappa shape index (κ3) is 16.1. The Labute approximate surface area is 58.1 Å². The molecule has 0 radical (unpaired) electrons. The molecule has 5 nitrogen and oxygen atoms in total. The SMILES string of the molecule is C1=CC1.NC(=O)NC(N)=O. The van der Waals surface area contributed by atoms with E-state index in [1.807, 2.05) is 0 Å². The number of hydrogen-bond acceptors (Lipinski definition) is 2. The van der Waals surface area contributed by atoms with Gasteiger partial charge in [0.05, 0.1) is 0 Å². The van der Waals surface area contributed by atoms with Crippen molar-refractivity contribution in [2.24, 2.45) is 11.5 Å². The van der Waals surface area contributed by atoms with Gasteiger partial charge in [-0.25, -0.2) is 9.59 Å². The molecule has 10 heavy (non-hydrogen) atoms. The highest BCUT2D eigenvalue weighted by molar-refractivity contribution is 5.91. The molecule has 0 heterocycles. The van der Waals surface area contributed by atoms with Crippen LogP contribution in [0.5, 0.6) is 0 Å². The van der Waals surface area contributed by atoms with Crippen LogP contribution in [-0.2, 0) is 0 Å². The largest absolute Gasteiger partial charge is 0.351 e. The number of carbonyl (C=O) groups excluding carboxylic acids is 2.